The van der Waals surface area contributed by atoms with E-state index in [0.717, 1.165) is 44.9 Å². The molecule has 2 saturated carbocycles. The predicted molar refractivity (Wildman–Crippen MR) is 84.2 cm³/mol. The molecule has 1 aromatic rings. The SMILES string of the molecule is O=C(N[C@H]1CCc2ccccc21)C1C[C@H]2CCC[C@@H](C1)C2=O. The Labute approximate surface area is 131 Å². The van der Waals surface area contributed by atoms with Gasteiger partial charge in [0.1, 0.15) is 5.78 Å². The molecule has 0 heterocycles. The van der Waals surface area contributed by atoms with E-state index in [1.807, 2.05) is 6.07 Å². The maximum absolute atomic E-state index is 12.7. The fraction of sp³-hybridized carbons (Fsp3) is 0.579. The number of hydrogen-bond acceptors (Lipinski definition) is 2. The average Bonchev–Trinajstić information content (AvgIpc) is 2.90. The number of Topliss-reactive ketones (excluding diaryl/α,β-unsaturated/α-hetero) is 1. The fourth-order valence-electron chi connectivity index (χ4n) is 4.69. The van der Waals surface area contributed by atoms with Crippen LogP contribution < -0.4 is 5.32 Å². The predicted octanol–water partition coefficient (Wildman–Crippen LogP) is 3.19. The number of aryl methyl sites for hydroxylation is 1. The van der Waals surface area contributed by atoms with Crippen LogP contribution >= 0.6 is 0 Å². The Morgan fingerprint density at radius 3 is 2.55 bits per heavy atom. The first kappa shape index (κ1) is 14.0. The van der Waals surface area contributed by atoms with Gasteiger partial charge in [0.25, 0.3) is 0 Å². The quantitative estimate of drug-likeness (QED) is 0.911. The van der Waals surface area contributed by atoms with Crippen LogP contribution in [0.15, 0.2) is 24.3 Å². The lowest BCUT2D eigenvalue weighted by Gasteiger charge is -2.37. The Balaban J connectivity index is 1.44. The zero-order chi connectivity index (χ0) is 15.1. The summed E-state index contributed by atoms with van der Waals surface area (Å²) < 4.78 is 0. The molecule has 3 aliphatic carbocycles. The molecule has 2 fully saturated rings. The number of hydrogen-bond donors (Lipinski definition) is 1. The topological polar surface area (TPSA) is 46.2 Å². The van der Waals surface area contributed by atoms with Crippen molar-refractivity contribution in [3.63, 3.8) is 0 Å². The molecule has 4 rings (SSSR count). The largest absolute Gasteiger partial charge is 0.349 e. The Kier molecular flexibility index (Phi) is 3.51. The summed E-state index contributed by atoms with van der Waals surface area (Å²) in [5.41, 5.74) is 2.64. The summed E-state index contributed by atoms with van der Waals surface area (Å²) in [6.45, 7) is 0. The van der Waals surface area contributed by atoms with Gasteiger partial charge in [0.2, 0.25) is 5.91 Å². The van der Waals surface area contributed by atoms with Crippen molar-refractivity contribution < 1.29 is 9.59 Å². The summed E-state index contributed by atoms with van der Waals surface area (Å²) >= 11 is 0. The van der Waals surface area contributed by atoms with Crippen LogP contribution in [0.2, 0.25) is 0 Å². The molecule has 0 aromatic heterocycles. The summed E-state index contributed by atoms with van der Waals surface area (Å²) in [5.74, 6) is 0.951. The summed E-state index contributed by atoms with van der Waals surface area (Å²) in [6.07, 6.45) is 6.74. The Hall–Kier alpha value is -1.64. The first-order valence-electron chi connectivity index (χ1n) is 8.64. The van der Waals surface area contributed by atoms with E-state index in [1.165, 1.54) is 11.1 Å². The normalized spacial score (nSPS) is 33.4. The molecular weight excluding hydrogens is 274 g/mol. The molecule has 1 aromatic carbocycles. The first-order chi connectivity index (χ1) is 10.7. The van der Waals surface area contributed by atoms with Crippen LogP contribution in [0.1, 0.15) is 55.7 Å². The van der Waals surface area contributed by atoms with E-state index in [4.69, 9.17) is 0 Å². The van der Waals surface area contributed by atoms with Crippen LogP contribution in [-0.2, 0) is 16.0 Å². The molecular formula is C19H23NO2. The van der Waals surface area contributed by atoms with Crippen LogP contribution in [-0.4, -0.2) is 11.7 Å². The van der Waals surface area contributed by atoms with Crippen molar-refractivity contribution in [3.05, 3.63) is 35.4 Å². The van der Waals surface area contributed by atoms with Gasteiger partial charge in [-0.3, -0.25) is 9.59 Å². The maximum Gasteiger partial charge on any atom is 0.223 e. The van der Waals surface area contributed by atoms with E-state index in [0.29, 0.717) is 5.78 Å². The number of benzene rings is 1. The number of rotatable bonds is 2. The minimum atomic E-state index is 0.0424. The van der Waals surface area contributed by atoms with Gasteiger partial charge in [0.05, 0.1) is 6.04 Å². The monoisotopic (exact) mass is 297 g/mol. The molecule has 0 spiro atoms. The Morgan fingerprint density at radius 2 is 1.77 bits per heavy atom. The van der Waals surface area contributed by atoms with Crippen LogP contribution in [0.5, 0.6) is 0 Å². The van der Waals surface area contributed by atoms with Gasteiger partial charge in [-0.2, -0.15) is 0 Å². The number of carbonyl (C=O) groups is 2. The number of nitrogens with one attached hydrogen (secondary N) is 1. The van der Waals surface area contributed by atoms with Crippen molar-refractivity contribution in [3.8, 4) is 0 Å². The van der Waals surface area contributed by atoms with Gasteiger partial charge in [-0.05, 0) is 49.7 Å². The zero-order valence-corrected chi connectivity index (χ0v) is 12.9. The van der Waals surface area contributed by atoms with Crippen molar-refractivity contribution in [1.29, 1.82) is 0 Å². The highest BCUT2D eigenvalue weighted by atomic mass is 16.2. The van der Waals surface area contributed by atoms with Crippen molar-refractivity contribution >= 4 is 11.7 Å². The second kappa shape index (κ2) is 5.53. The van der Waals surface area contributed by atoms with E-state index in [9.17, 15) is 9.59 Å². The van der Waals surface area contributed by atoms with Gasteiger partial charge in [-0.1, -0.05) is 30.7 Å². The second-order valence-electron chi connectivity index (χ2n) is 7.19. The Bertz CT molecular complexity index is 593. The first-order valence-corrected chi connectivity index (χ1v) is 8.64. The maximum atomic E-state index is 12.7. The molecule has 116 valence electrons. The summed E-state index contributed by atoms with van der Waals surface area (Å²) in [6, 6.07) is 8.57. The number of carbonyl (C=O) groups excluding carboxylic acids is 2. The van der Waals surface area contributed by atoms with E-state index in [1.54, 1.807) is 0 Å². The molecule has 2 bridgehead atoms. The third-order valence-electron chi connectivity index (χ3n) is 5.87. The van der Waals surface area contributed by atoms with Gasteiger partial charge >= 0.3 is 0 Å². The molecule has 3 aliphatic rings. The van der Waals surface area contributed by atoms with E-state index in [2.05, 4.69) is 23.5 Å². The van der Waals surface area contributed by atoms with Gasteiger partial charge in [-0.15, -0.1) is 0 Å². The van der Waals surface area contributed by atoms with Gasteiger partial charge in [0.15, 0.2) is 0 Å². The molecule has 1 unspecified atom stereocenters. The molecule has 22 heavy (non-hydrogen) atoms. The van der Waals surface area contributed by atoms with Crippen molar-refractivity contribution in [2.45, 2.75) is 51.0 Å². The smallest absolute Gasteiger partial charge is 0.223 e. The van der Waals surface area contributed by atoms with Gasteiger partial charge in [-0.25, -0.2) is 0 Å². The summed E-state index contributed by atoms with van der Waals surface area (Å²) in [4.78, 5) is 24.8. The van der Waals surface area contributed by atoms with E-state index >= 15 is 0 Å². The average molecular weight is 297 g/mol. The molecule has 0 radical (unpaired) electrons. The molecule has 0 saturated heterocycles. The number of amides is 1. The van der Waals surface area contributed by atoms with Gasteiger partial charge in [0, 0.05) is 17.8 Å². The highest BCUT2D eigenvalue weighted by Gasteiger charge is 2.41. The molecule has 1 N–H and O–H groups in total. The minimum absolute atomic E-state index is 0.0424. The van der Waals surface area contributed by atoms with Crippen LogP contribution in [0.3, 0.4) is 0 Å². The molecule has 3 heteroatoms. The lowest BCUT2D eigenvalue weighted by Crippen LogP contribution is -2.43. The van der Waals surface area contributed by atoms with Crippen molar-refractivity contribution in [2.75, 3.05) is 0 Å². The standard InChI is InChI=1S/C19H23NO2/c21-18-13-5-3-6-14(18)11-15(10-13)19(22)20-17-9-8-12-4-1-2-7-16(12)17/h1-2,4,7,13-15,17H,3,5-6,8-11H2,(H,20,22)/t13-,14+,15?,17-/m0/s1. The third-order valence-corrected chi connectivity index (χ3v) is 5.87. The fourth-order valence-corrected chi connectivity index (χ4v) is 4.69. The molecule has 4 atom stereocenters. The van der Waals surface area contributed by atoms with Crippen LogP contribution in [0, 0.1) is 17.8 Å². The van der Waals surface area contributed by atoms with Crippen molar-refractivity contribution in [1.82, 2.24) is 5.32 Å². The number of ketones is 1. The Morgan fingerprint density at radius 1 is 1.05 bits per heavy atom. The number of fused-ring (bicyclic) bond motifs is 3. The zero-order valence-electron chi connectivity index (χ0n) is 12.9. The lowest BCUT2D eigenvalue weighted by molar-refractivity contribution is -0.137. The summed E-state index contributed by atoms with van der Waals surface area (Å²) in [7, 11) is 0. The minimum Gasteiger partial charge on any atom is -0.349 e. The second-order valence-corrected chi connectivity index (χ2v) is 7.19. The van der Waals surface area contributed by atoms with Crippen LogP contribution in [0.25, 0.3) is 0 Å². The van der Waals surface area contributed by atoms with Gasteiger partial charge < -0.3 is 5.32 Å². The summed E-state index contributed by atoms with van der Waals surface area (Å²) in [5, 5.41) is 3.26. The molecule has 3 nitrogen and oxygen atoms in total. The highest BCUT2D eigenvalue weighted by molar-refractivity contribution is 5.88. The molecule has 1 amide bonds. The van der Waals surface area contributed by atoms with E-state index in [-0.39, 0.29) is 29.7 Å². The van der Waals surface area contributed by atoms with E-state index < -0.39 is 0 Å². The van der Waals surface area contributed by atoms with Crippen LogP contribution in [0.4, 0.5) is 0 Å². The highest BCUT2D eigenvalue weighted by Crippen LogP contribution is 2.40. The van der Waals surface area contributed by atoms with Crippen molar-refractivity contribution in [2.24, 2.45) is 17.8 Å². The third kappa shape index (κ3) is 2.37. The molecule has 0 aliphatic heterocycles. The lowest BCUT2D eigenvalue weighted by atomic mass is 9.67.